The minimum absolute atomic E-state index is 0.0865. The maximum absolute atomic E-state index is 12.4. The van der Waals surface area contributed by atoms with E-state index in [1.807, 2.05) is 0 Å². The van der Waals surface area contributed by atoms with Gasteiger partial charge in [-0.2, -0.15) is 0 Å². The molecule has 0 fully saturated rings. The number of ketones is 1. The Labute approximate surface area is 155 Å². The number of carbonyl (C=O) groups is 2. The van der Waals surface area contributed by atoms with Gasteiger partial charge in [0.15, 0.2) is 28.8 Å². The maximum Gasteiger partial charge on any atom is 0.224 e. The summed E-state index contributed by atoms with van der Waals surface area (Å²) in [4.78, 5) is 28.8. The summed E-state index contributed by atoms with van der Waals surface area (Å²) in [6.07, 6.45) is 0.194. The molecule has 1 aliphatic heterocycles. The van der Waals surface area contributed by atoms with Crippen LogP contribution in [0, 0.1) is 6.92 Å². The summed E-state index contributed by atoms with van der Waals surface area (Å²) < 4.78 is 16.3. The minimum Gasteiger partial charge on any atom is -0.486 e. The molecule has 7 heteroatoms. The van der Waals surface area contributed by atoms with Gasteiger partial charge >= 0.3 is 0 Å². The first kappa shape index (κ1) is 17.1. The Bertz CT molecular complexity index is 1020. The van der Waals surface area contributed by atoms with E-state index in [0.717, 1.165) is 0 Å². The van der Waals surface area contributed by atoms with Gasteiger partial charge in [0.2, 0.25) is 5.91 Å². The first-order valence-electron chi connectivity index (χ1n) is 8.68. The number of hydrogen-bond acceptors (Lipinski definition) is 6. The largest absolute Gasteiger partial charge is 0.486 e. The summed E-state index contributed by atoms with van der Waals surface area (Å²) in [5.41, 5.74) is 2.47. The van der Waals surface area contributed by atoms with Crippen molar-refractivity contribution in [2.45, 2.75) is 19.8 Å². The molecule has 3 aromatic rings. The number of ether oxygens (including phenoxy) is 2. The van der Waals surface area contributed by atoms with Crippen LogP contribution in [-0.4, -0.2) is 29.9 Å². The number of benzene rings is 2. The molecule has 138 valence electrons. The van der Waals surface area contributed by atoms with Crippen LogP contribution in [0.5, 0.6) is 11.5 Å². The molecule has 1 N–H and O–H groups in total. The molecule has 0 bridgehead atoms. The number of amides is 1. The Morgan fingerprint density at radius 3 is 2.70 bits per heavy atom. The predicted octanol–water partition coefficient (Wildman–Crippen LogP) is 3.51. The normalized spacial score (nSPS) is 12.8. The average molecular weight is 366 g/mol. The van der Waals surface area contributed by atoms with Crippen LogP contribution in [0.3, 0.4) is 0 Å². The molecule has 0 unspecified atom stereocenters. The van der Waals surface area contributed by atoms with Crippen LogP contribution in [0.25, 0.3) is 11.1 Å². The van der Waals surface area contributed by atoms with E-state index in [9.17, 15) is 9.59 Å². The highest BCUT2D eigenvalue weighted by Crippen LogP contribution is 2.31. The zero-order valence-corrected chi connectivity index (χ0v) is 14.8. The lowest BCUT2D eigenvalue weighted by Crippen LogP contribution is -2.16. The van der Waals surface area contributed by atoms with E-state index >= 15 is 0 Å². The first-order chi connectivity index (χ1) is 13.1. The first-order valence-corrected chi connectivity index (χ1v) is 8.68. The van der Waals surface area contributed by atoms with Crippen LogP contribution < -0.4 is 14.8 Å². The molecule has 0 atom stereocenters. The summed E-state index contributed by atoms with van der Waals surface area (Å²) in [6.45, 7) is 2.73. The lowest BCUT2D eigenvalue weighted by Gasteiger charge is -2.18. The molecule has 27 heavy (non-hydrogen) atoms. The number of fused-ring (bicyclic) bond motifs is 2. The van der Waals surface area contributed by atoms with Gasteiger partial charge in [0.05, 0.1) is 0 Å². The lowest BCUT2D eigenvalue weighted by molar-refractivity contribution is -0.116. The van der Waals surface area contributed by atoms with Crippen LogP contribution in [0.2, 0.25) is 0 Å². The third kappa shape index (κ3) is 3.76. The Morgan fingerprint density at radius 1 is 1.04 bits per heavy atom. The molecule has 0 aliphatic carbocycles. The Hall–Kier alpha value is -3.35. The van der Waals surface area contributed by atoms with Crippen molar-refractivity contribution in [3.8, 4) is 11.5 Å². The maximum atomic E-state index is 12.4. The van der Waals surface area contributed by atoms with Crippen LogP contribution in [0.15, 0.2) is 40.8 Å². The molecule has 2 aromatic carbocycles. The summed E-state index contributed by atoms with van der Waals surface area (Å²) in [6, 6.07) is 10.3. The molecular weight excluding hydrogens is 348 g/mol. The fourth-order valence-electron chi connectivity index (χ4n) is 2.93. The van der Waals surface area contributed by atoms with Crippen molar-refractivity contribution >= 4 is 28.5 Å². The molecule has 0 spiro atoms. The van der Waals surface area contributed by atoms with Crippen molar-refractivity contribution in [1.82, 2.24) is 4.98 Å². The number of Topliss-reactive ketones (excluding diaryl/α,β-unsaturated/α-hetero) is 1. The Morgan fingerprint density at radius 2 is 1.85 bits per heavy atom. The van der Waals surface area contributed by atoms with E-state index < -0.39 is 0 Å². The number of carbonyl (C=O) groups excluding carboxylic acids is 2. The average Bonchev–Trinajstić information content (AvgIpc) is 3.05. The number of aromatic nitrogens is 1. The van der Waals surface area contributed by atoms with E-state index in [1.54, 1.807) is 43.3 Å². The Balaban J connectivity index is 1.36. The highest BCUT2D eigenvalue weighted by atomic mass is 16.6. The van der Waals surface area contributed by atoms with Gasteiger partial charge < -0.3 is 19.2 Å². The fourth-order valence-corrected chi connectivity index (χ4v) is 2.93. The van der Waals surface area contributed by atoms with Crippen molar-refractivity contribution in [2.75, 3.05) is 18.5 Å². The summed E-state index contributed by atoms with van der Waals surface area (Å²) >= 11 is 0. The minimum atomic E-state index is -0.236. The van der Waals surface area contributed by atoms with Gasteiger partial charge in [0.25, 0.3) is 0 Å². The number of rotatable bonds is 5. The summed E-state index contributed by atoms with van der Waals surface area (Å²) in [5.74, 6) is 1.41. The van der Waals surface area contributed by atoms with Crippen molar-refractivity contribution in [3.63, 3.8) is 0 Å². The molecule has 0 saturated heterocycles. The van der Waals surface area contributed by atoms with E-state index in [-0.39, 0.29) is 24.5 Å². The molecule has 1 aromatic heterocycles. The lowest BCUT2D eigenvalue weighted by atomic mass is 10.1. The number of oxazole rings is 1. The van der Waals surface area contributed by atoms with Crippen molar-refractivity contribution in [1.29, 1.82) is 0 Å². The number of anilines is 1. The van der Waals surface area contributed by atoms with E-state index in [1.165, 1.54) is 0 Å². The summed E-state index contributed by atoms with van der Waals surface area (Å²) in [7, 11) is 0. The smallest absolute Gasteiger partial charge is 0.224 e. The molecule has 0 radical (unpaired) electrons. The van der Waals surface area contributed by atoms with Crippen LogP contribution in [0.1, 0.15) is 29.1 Å². The second kappa shape index (κ2) is 7.11. The van der Waals surface area contributed by atoms with Crippen molar-refractivity contribution in [3.05, 3.63) is 47.9 Å². The predicted molar refractivity (Wildman–Crippen MR) is 98.4 cm³/mol. The third-order valence-electron chi connectivity index (χ3n) is 4.22. The van der Waals surface area contributed by atoms with Crippen LogP contribution >= 0.6 is 0 Å². The molecule has 1 amide bonds. The van der Waals surface area contributed by atoms with Gasteiger partial charge in [-0.15, -0.1) is 0 Å². The van der Waals surface area contributed by atoms with E-state index in [4.69, 9.17) is 13.9 Å². The van der Waals surface area contributed by atoms with Gasteiger partial charge in [-0.1, -0.05) is 0 Å². The monoisotopic (exact) mass is 366 g/mol. The van der Waals surface area contributed by atoms with Crippen molar-refractivity contribution in [2.24, 2.45) is 0 Å². The molecule has 4 rings (SSSR count). The third-order valence-corrected chi connectivity index (χ3v) is 4.22. The zero-order valence-electron chi connectivity index (χ0n) is 14.8. The molecular formula is C20H18N2O5. The number of hydrogen-bond donors (Lipinski definition) is 1. The van der Waals surface area contributed by atoms with E-state index in [0.29, 0.717) is 53.0 Å². The topological polar surface area (TPSA) is 90.7 Å². The van der Waals surface area contributed by atoms with E-state index in [2.05, 4.69) is 10.3 Å². The van der Waals surface area contributed by atoms with Gasteiger partial charge in [-0.3, -0.25) is 9.59 Å². The van der Waals surface area contributed by atoms with Gasteiger partial charge in [0.1, 0.15) is 18.7 Å². The quantitative estimate of drug-likeness (QED) is 0.695. The number of nitrogens with zero attached hydrogens (tertiary/aromatic N) is 1. The van der Waals surface area contributed by atoms with Crippen LogP contribution in [-0.2, 0) is 4.79 Å². The van der Waals surface area contributed by atoms with Gasteiger partial charge in [0, 0.05) is 31.0 Å². The molecule has 1 aliphatic rings. The van der Waals surface area contributed by atoms with Gasteiger partial charge in [-0.05, 0) is 36.4 Å². The SMILES string of the molecule is Cc1nc2cc(NC(=O)CCC(=O)c3ccc4c(c3)OCCO4)ccc2o1. The highest BCUT2D eigenvalue weighted by molar-refractivity contribution is 6.00. The number of nitrogens with one attached hydrogen (secondary N) is 1. The van der Waals surface area contributed by atoms with Crippen molar-refractivity contribution < 1.29 is 23.5 Å². The molecule has 7 nitrogen and oxygen atoms in total. The highest BCUT2D eigenvalue weighted by Gasteiger charge is 2.16. The van der Waals surface area contributed by atoms with Crippen LogP contribution in [0.4, 0.5) is 5.69 Å². The number of aryl methyl sites for hydroxylation is 1. The second-order valence-corrected chi connectivity index (χ2v) is 6.25. The Kier molecular flexibility index (Phi) is 4.50. The molecule has 0 saturated carbocycles. The standard InChI is InChI=1S/C20H18N2O5/c1-12-21-15-11-14(3-6-17(15)27-12)22-20(24)7-4-16(23)13-2-5-18-19(10-13)26-9-8-25-18/h2-3,5-6,10-11H,4,7-9H2,1H3,(H,22,24). The molecule has 2 heterocycles. The fraction of sp³-hybridized carbons (Fsp3) is 0.250. The zero-order chi connectivity index (χ0) is 18.8. The second-order valence-electron chi connectivity index (χ2n) is 6.25. The van der Waals surface area contributed by atoms with Gasteiger partial charge in [-0.25, -0.2) is 4.98 Å². The summed E-state index contributed by atoms with van der Waals surface area (Å²) in [5, 5.41) is 2.78.